The Morgan fingerprint density at radius 1 is 1.29 bits per heavy atom. The Labute approximate surface area is 122 Å². The summed E-state index contributed by atoms with van der Waals surface area (Å²) >= 11 is 0. The van der Waals surface area contributed by atoms with Crippen molar-refractivity contribution in [2.45, 2.75) is 6.54 Å². The number of rotatable bonds is 4. The van der Waals surface area contributed by atoms with E-state index in [-0.39, 0.29) is 5.91 Å². The smallest absolute Gasteiger partial charge is 0.261 e. The summed E-state index contributed by atoms with van der Waals surface area (Å²) in [5.41, 5.74) is 1.64. The largest absolute Gasteiger partial charge is 0.320 e. The first-order valence-corrected chi connectivity index (χ1v) is 6.57. The fraction of sp³-hybridized carbons (Fsp3) is 0.133. The van der Waals surface area contributed by atoms with Crippen molar-refractivity contribution in [1.29, 1.82) is 0 Å². The highest BCUT2D eigenvalue weighted by Crippen LogP contribution is 2.07. The fourth-order valence-corrected chi connectivity index (χ4v) is 2.00. The lowest BCUT2D eigenvalue weighted by atomic mass is 10.2. The summed E-state index contributed by atoms with van der Waals surface area (Å²) in [7, 11) is 1.82. The number of hydrogen-bond acceptors (Lipinski definition) is 3. The SMILES string of the molecule is Cn1ccnc1NC(=O)c1cnn(Cc2ccccc2)c1. The van der Waals surface area contributed by atoms with Crippen LogP contribution in [0.3, 0.4) is 0 Å². The van der Waals surface area contributed by atoms with Gasteiger partial charge in [-0.15, -0.1) is 0 Å². The maximum Gasteiger partial charge on any atom is 0.261 e. The number of hydrogen-bond donors (Lipinski definition) is 1. The van der Waals surface area contributed by atoms with E-state index in [1.807, 2.05) is 37.4 Å². The molecule has 0 saturated heterocycles. The Bertz CT molecular complexity index is 744. The number of carbonyl (C=O) groups is 1. The standard InChI is InChI=1S/C15H15N5O/c1-19-8-7-16-15(19)18-14(21)13-9-17-20(11-13)10-12-5-3-2-4-6-12/h2-9,11H,10H2,1H3,(H,16,18,21). The van der Waals surface area contributed by atoms with Crippen LogP contribution in [-0.4, -0.2) is 25.2 Å². The van der Waals surface area contributed by atoms with Crippen LogP contribution in [0.1, 0.15) is 15.9 Å². The van der Waals surface area contributed by atoms with Crippen LogP contribution in [0.4, 0.5) is 5.95 Å². The molecule has 0 radical (unpaired) electrons. The van der Waals surface area contributed by atoms with Gasteiger partial charge >= 0.3 is 0 Å². The highest BCUT2D eigenvalue weighted by molar-refractivity contribution is 6.03. The van der Waals surface area contributed by atoms with Gasteiger partial charge < -0.3 is 4.57 Å². The molecular weight excluding hydrogens is 266 g/mol. The summed E-state index contributed by atoms with van der Waals surface area (Å²) in [4.78, 5) is 16.2. The number of aromatic nitrogens is 4. The van der Waals surface area contributed by atoms with Crippen molar-refractivity contribution in [3.63, 3.8) is 0 Å². The summed E-state index contributed by atoms with van der Waals surface area (Å²) in [5, 5.41) is 6.96. The molecule has 0 fully saturated rings. The number of nitrogens with one attached hydrogen (secondary N) is 1. The molecule has 0 spiro atoms. The highest BCUT2D eigenvalue weighted by Gasteiger charge is 2.11. The van der Waals surface area contributed by atoms with Crippen LogP contribution in [0.25, 0.3) is 0 Å². The number of anilines is 1. The predicted octanol–water partition coefficient (Wildman–Crippen LogP) is 1.92. The molecule has 0 saturated carbocycles. The molecule has 2 aromatic heterocycles. The second-order valence-corrected chi connectivity index (χ2v) is 4.73. The van der Waals surface area contributed by atoms with E-state index >= 15 is 0 Å². The molecule has 1 aromatic carbocycles. The molecule has 106 valence electrons. The lowest BCUT2D eigenvalue weighted by Crippen LogP contribution is -2.14. The lowest BCUT2D eigenvalue weighted by molar-refractivity contribution is 0.102. The number of nitrogens with zero attached hydrogens (tertiary/aromatic N) is 4. The number of amides is 1. The third-order valence-electron chi connectivity index (χ3n) is 3.13. The zero-order valence-electron chi connectivity index (χ0n) is 11.6. The van der Waals surface area contributed by atoms with E-state index in [1.54, 1.807) is 34.0 Å². The van der Waals surface area contributed by atoms with Crippen LogP contribution in [0.15, 0.2) is 55.1 Å². The van der Waals surface area contributed by atoms with E-state index in [4.69, 9.17) is 0 Å². The van der Waals surface area contributed by atoms with Crippen molar-refractivity contribution in [2.75, 3.05) is 5.32 Å². The summed E-state index contributed by atoms with van der Waals surface area (Å²) in [6.07, 6.45) is 6.69. The van der Waals surface area contributed by atoms with Crippen LogP contribution in [0.2, 0.25) is 0 Å². The molecule has 0 bridgehead atoms. The van der Waals surface area contributed by atoms with Crippen molar-refractivity contribution in [1.82, 2.24) is 19.3 Å². The number of carbonyl (C=O) groups excluding carboxylic acids is 1. The number of benzene rings is 1. The van der Waals surface area contributed by atoms with Crippen molar-refractivity contribution >= 4 is 11.9 Å². The van der Waals surface area contributed by atoms with E-state index in [0.29, 0.717) is 18.1 Å². The summed E-state index contributed by atoms with van der Waals surface area (Å²) < 4.78 is 3.48. The van der Waals surface area contributed by atoms with Gasteiger partial charge in [-0.3, -0.25) is 14.8 Å². The molecule has 1 N–H and O–H groups in total. The predicted molar refractivity (Wildman–Crippen MR) is 78.9 cm³/mol. The molecule has 1 amide bonds. The maximum atomic E-state index is 12.1. The highest BCUT2D eigenvalue weighted by atomic mass is 16.1. The monoisotopic (exact) mass is 281 g/mol. The minimum Gasteiger partial charge on any atom is -0.320 e. The zero-order chi connectivity index (χ0) is 14.7. The van der Waals surface area contributed by atoms with E-state index in [2.05, 4.69) is 15.4 Å². The van der Waals surface area contributed by atoms with Crippen molar-refractivity contribution in [2.24, 2.45) is 7.05 Å². The van der Waals surface area contributed by atoms with Gasteiger partial charge in [-0.05, 0) is 5.56 Å². The summed E-state index contributed by atoms with van der Waals surface area (Å²) in [6.45, 7) is 0.635. The molecular formula is C15H15N5O. The lowest BCUT2D eigenvalue weighted by Gasteiger charge is -2.03. The van der Waals surface area contributed by atoms with Gasteiger partial charge in [0, 0.05) is 25.6 Å². The molecule has 0 aliphatic heterocycles. The quantitative estimate of drug-likeness (QED) is 0.794. The Balaban J connectivity index is 1.70. The average Bonchev–Trinajstić information content (AvgIpc) is 3.10. The Kier molecular flexibility index (Phi) is 3.51. The van der Waals surface area contributed by atoms with Gasteiger partial charge in [-0.25, -0.2) is 4.98 Å². The summed E-state index contributed by atoms with van der Waals surface area (Å²) in [6, 6.07) is 9.98. The minimum absolute atomic E-state index is 0.219. The van der Waals surface area contributed by atoms with Crippen LogP contribution in [0.5, 0.6) is 0 Å². The molecule has 2 heterocycles. The average molecular weight is 281 g/mol. The van der Waals surface area contributed by atoms with E-state index in [9.17, 15) is 4.79 Å². The molecule has 21 heavy (non-hydrogen) atoms. The van der Waals surface area contributed by atoms with Gasteiger partial charge in [0.2, 0.25) is 5.95 Å². The molecule has 0 aliphatic carbocycles. The molecule has 0 aliphatic rings. The third kappa shape index (κ3) is 3.00. The summed E-state index contributed by atoms with van der Waals surface area (Å²) in [5.74, 6) is 0.291. The third-order valence-corrected chi connectivity index (χ3v) is 3.13. The molecule has 0 atom stereocenters. The second kappa shape index (κ2) is 5.62. The van der Waals surface area contributed by atoms with Crippen LogP contribution < -0.4 is 5.32 Å². The maximum absolute atomic E-state index is 12.1. The van der Waals surface area contributed by atoms with Gasteiger partial charge in [-0.1, -0.05) is 30.3 Å². The number of imidazole rings is 1. The molecule has 3 rings (SSSR count). The van der Waals surface area contributed by atoms with Gasteiger partial charge in [0.05, 0.1) is 18.3 Å². The van der Waals surface area contributed by atoms with Crippen molar-refractivity contribution < 1.29 is 4.79 Å². The second-order valence-electron chi connectivity index (χ2n) is 4.73. The van der Waals surface area contributed by atoms with Crippen LogP contribution >= 0.6 is 0 Å². The molecule has 6 nitrogen and oxygen atoms in total. The number of aryl methyl sites for hydroxylation is 1. The van der Waals surface area contributed by atoms with Gasteiger partial charge in [0.25, 0.3) is 5.91 Å². The Morgan fingerprint density at radius 3 is 2.81 bits per heavy atom. The van der Waals surface area contributed by atoms with E-state index < -0.39 is 0 Å². The topological polar surface area (TPSA) is 64.7 Å². The Morgan fingerprint density at radius 2 is 2.10 bits per heavy atom. The van der Waals surface area contributed by atoms with Crippen molar-refractivity contribution in [3.8, 4) is 0 Å². The molecule has 3 aromatic rings. The van der Waals surface area contributed by atoms with Crippen LogP contribution in [-0.2, 0) is 13.6 Å². The molecule has 0 unspecified atom stereocenters. The first kappa shape index (κ1) is 13.1. The van der Waals surface area contributed by atoms with Crippen LogP contribution in [0, 0.1) is 0 Å². The Hall–Kier alpha value is -2.89. The van der Waals surface area contributed by atoms with E-state index in [1.165, 1.54) is 0 Å². The first-order valence-electron chi connectivity index (χ1n) is 6.57. The van der Waals surface area contributed by atoms with Gasteiger partial charge in [0.15, 0.2) is 0 Å². The zero-order valence-corrected chi connectivity index (χ0v) is 11.6. The fourth-order valence-electron chi connectivity index (χ4n) is 2.00. The minimum atomic E-state index is -0.219. The van der Waals surface area contributed by atoms with Gasteiger partial charge in [0.1, 0.15) is 0 Å². The van der Waals surface area contributed by atoms with Gasteiger partial charge in [-0.2, -0.15) is 5.10 Å². The first-order chi connectivity index (χ1) is 10.2. The van der Waals surface area contributed by atoms with E-state index in [0.717, 1.165) is 5.56 Å². The molecule has 6 heteroatoms. The van der Waals surface area contributed by atoms with Crippen molar-refractivity contribution in [3.05, 3.63) is 66.2 Å². The normalized spacial score (nSPS) is 10.5.